The molecule has 0 saturated carbocycles. The van der Waals surface area contributed by atoms with E-state index in [4.69, 9.17) is 0 Å². The number of hydrogen-bond donors (Lipinski definition) is 3. The first-order valence-electron chi connectivity index (χ1n) is 7.04. The van der Waals surface area contributed by atoms with Crippen LogP contribution in [0.1, 0.15) is 47.5 Å². The Labute approximate surface area is 115 Å². The van der Waals surface area contributed by atoms with Gasteiger partial charge in [-0.1, -0.05) is 6.92 Å². The first kappa shape index (κ1) is 16.0. The van der Waals surface area contributed by atoms with Crippen LogP contribution >= 0.6 is 0 Å². The highest BCUT2D eigenvalue weighted by Gasteiger charge is 2.40. The van der Waals surface area contributed by atoms with Crippen LogP contribution in [0.3, 0.4) is 0 Å². The molecule has 2 unspecified atom stereocenters. The van der Waals surface area contributed by atoms with Gasteiger partial charge in [0, 0.05) is 12.1 Å². The number of rotatable bonds is 4. The second-order valence-corrected chi connectivity index (χ2v) is 6.50. The Balaban J connectivity index is 2.58. The van der Waals surface area contributed by atoms with Gasteiger partial charge in [0.1, 0.15) is 6.04 Å². The summed E-state index contributed by atoms with van der Waals surface area (Å²) in [4.78, 5) is 24.3. The summed E-state index contributed by atoms with van der Waals surface area (Å²) in [6.45, 7) is 11.1. The fraction of sp³-hybridized carbons (Fsp3) is 0.857. The second-order valence-electron chi connectivity index (χ2n) is 6.50. The minimum atomic E-state index is -0.504. The summed E-state index contributed by atoms with van der Waals surface area (Å²) in [5.74, 6) is -0.158. The van der Waals surface area contributed by atoms with Crippen molar-refractivity contribution in [2.75, 3.05) is 13.1 Å². The molecule has 1 saturated heterocycles. The average molecular weight is 269 g/mol. The summed E-state index contributed by atoms with van der Waals surface area (Å²) in [5.41, 5.74) is -0.635. The van der Waals surface area contributed by atoms with Crippen molar-refractivity contribution >= 4 is 11.8 Å². The zero-order chi connectivity index (χ0) is 14.7. The van der Waals surface area contributed by atoms with E-state index in [2.05, 4.69) is 16.0 Å². The average Bonchev–Trinajstić information content (AvgIpc) is 2.76. The number of carbonyl (C=O) groups is 2. The molecule has 3 N–H and O–H groups in total. The molecular weight excluding hydrogens is 242 g/mol. The highest BCUT2D eigenvalue weighted by molar-refractivity contribution is 5.90. The molecule has 0 spiro atoms. The summed E-state index contributed by atoms with van der Waals surface area (Å²) in [6, 6.07) is -0.504. The third-order valence-electron chi connectivity index (χ3n) is 3.64. The Morgan fingerprint density at radius 3 is 2.42 bits per heavy atom. The summed E-state index contributed by atoms with van der Waals surface area (Å²) >= 11 is 0. The second kappa shape index (κ2) is 5.90. The molecule has 5 nitrogen and oxygen atoms in total. The van der Waals surface area contributed by atoms with Gasteiger partial charge in [-0.25, -0.2) is 0 Å². The van der Waals surface area contributed by atoms with Crippen LogP contribution in [-0.2, 0) is 9.59 Å². The van der Waals surface area contributed by atoms with Crippen molar-refractivity contribution in [1.29, 1.82) is 0 Å². The van der Waals surface area contributed by atoms with Gasteiger partial charge < -0.3 is 16.0 Å². The molecule has 1 heterocycles. The van der Waals surface area contributed by atoms with Gasteiger partial charge in [-0.3, -0.25) is 9.59 Å². The van der Waals surface area contributed by atoms with Crippen molar-refractivity contribution in [2.45, 2.75) is 59.0 Å². The molecule has 0 aromatic rings. The predicted molar refractivity (Wildman–Crippen MR) is 75.7 cm³/mol. The molecule has 1 aliphatic heterocycles. The highest BCUT2D eigenvalue weighted by atomic mass is 16.2. The standard InChI is InChI=1S/C14H27N3O2/c1-6-14(7-8-15-9-14)12(19)16-10(2)11(18)17-13(3,4)5/h10,15H,6-9H2,1-5H3,(H,16,19)(H,17,18). The van der Waals surface area contributed by atoms with E-state index in [0.717, 1.165) is 19.4 Å². The van der Waals surface area contributed by atoms with Crippen LogP contribution < -0.4 is 16.0 Å². The molecule has 19 heavy (non-hydrogen) atoms. The van der Waals surface area contributed by atoms with Crippen LogP contribution in [0.15, 0.2) is 0 Å². The molecule has 5 heteroatoms. The molecule has 2 atom stereocenters. The number of amides is 2. The molecule has 0 aromatic heterocycles. The van der Waals surface area contributed by atoms with Crippen molar-refractivity contribution in [2.24, 2.45) is 5.41 Å². The zero-order valence-electron chi connectivity index (χ0n) is 12.7. The molecule has 2 amide bonds. The Bertz CT molecular complexity index is 341. The molecule has 0 aromatic carbocycles. The van der Waals surface area contributed by atoms with Crippen LogP contribution in [0.25, 0.3) is 0 Å². The Kier molecular flexibility index (Phi) is 4.96. The monoisotopic (exact) mass is 269 g/mol. The lowest BCUT2D eigenvalue weighted by Gasteiger charge is -2.28. The fourth-order valence-corrected chi connectivity index (χ4v) is 2.29. The minimum absolute atomic E-state index is 0.0171. The number of nitrogens with one attached hydrogen (secondary N) is 3. The maximum Gasteiger partial charge on any atom is 0.242 e. The molecule has 0 bridgehead atoms. The lowest BCUT2D eigenvalue weighted by atomic mass is 9.83. The van der Waals surface area contributed by atoms with Crippen molar-refractivity contribution in [1.82, 2.24) is 16.0 Å². The Morgan fingerprint density at radius 1 is 1.37 bits per heavy atom. The first-order chi connectivity index (χ1) is 8.70. The molecule has 110 valence electrons. The largest absolute Gasteiger partial charge is 0.350 e. The maximum atomic E-state index is 12.3. The predicted octanol–water partition coefficient (Wildman–Crippen LogP) is 0.795. The van der Waals surface area contributed by atoms with E-state index in [1.807, 2.05) is 27.7 Å². The first-order valence-corrected chi connectivity index (χ1v) is 7.04. The maximum absolute atomic E-state index is 12.3. The van der Waals surface area contributed by atoms with Gasteiger partial charge in [-0.2, -0.15) is 0 Å². The van der Waals surface area contributed by atoms with Crippen LogP contribution in [-0.4, -0.2) is 36.5 Å². The summed E-state index contributed by atoms with van der Waals surface area (Å²) < 4.78 is 0. The van der Waals surface area contributed by atoms with E-state index < -0.39 is 6.04 Å². The summed E-state index contributed by atoms with van der Waals surface area (Å²) in [7, 11) is 0. The van der Waals surface area contributed by atoms with Crippen molar-refractivity contribution in [3.05, 3.63) is 0 Å². The Hall–Kier alpha value is -1.10. The van der Waals surface area contributed by atoms with Gasteiger partial charge in [0.2, 0.25) is 11.8 Å². The van der Waals surface area contributed by atoms with Crippen molar-refractivity contribution in [3.63, 3.8) is 0 Å². The number of hydrogen-bond acceptors (Lipinski definition) is 3. The summed E-state index contributed by atoms with van der Waals surface area (Å²) in [6.07, 6.45) is 1.63. The summed E-state index contributed by atoms with van der Waals surface area (Å²) in [5, 5.41) is 8.95. The zero-order valence-corrected chi connectivity index (χ0v) is 12.7. The van der Waals surface area contributed by atoms with E-state index in [-0.39, 0.29) is 22.8 Å². The van der Waals surface area contributed by atoms with E-state index in [1.54, 1.807) is 6.92 Å². The van der Waals surface area contributed by atoms with Crippen LogP contribution in [0.5, 0.6) is 0 Å². The molecule has 0 radical (unpaired) electrons. The van der Waals surface area contributed by atoms with Gasteiger partial charge in [-0.15, -0.1) is 0 Å². The van der Waals surface area contributed by atoms with Gasteiger partial charge >= 0.3 is 0 Å². The molecule has 1 rings (SSSR count). The van der Waals surface area contributed by atoms with Gasteiger partial charge in [-0.05, 0) is 47.1 Å². The van der Waals surface area contributed by atoms with Crippen molar-refractivity contribution < 1.29 is 9.59 Å². The van der Waals surface area contributed by atoms with Gasteiger partial charge in [0.25, 0.3) is 0 Å². The third-order valence-corrected chi connectivity index (χ3v) is 3.64. The lowest BCUT2D eigenvalue weighted by Crippen LogP contribution is -2.54. The van der Waals surface area contributed by atoms with Gasteiger partial charge in [0.05, 0.1) is 5.41 Å². The van der Waals surface area contributed by atoms with Crippen molar-refractivity contribution in [3.8, 4) is 0 Å². The molecule has 1 fully saturated rings. The normalized spacial score (nSPS) is 24.9. The van der Waals surface area contributed by atoms with E-state index >= 15 is 0 Å². The van der Waals surface area contributed by atoms with Crippen LogP contribution in [0, 0.1) is 5.41 Å². The van der Waals surface area contributed by atoms with Gasteiger partial charge in [0.15, 0.2) is 0 Å². The van der Waals surface area contributed by atoms with Crippen LogP contribution in [0.4, 0.5) is 0 Å². The third kappa shape index (κ3) is 4.20. The smallest absolute Gasteiger partial charge is 0.242 e. The quantitative estimate of drug-likeness (QED) is 0.707. The Morgan fingerprint density at radius 2 is 2.00 bits per heavy atom. The van der Waals surface area contributed by atoms with Crippen LogP contribution in [0.2, 0.25) is 0 Å². The van der Waals surface area contributed by atoms with E-state index in [0.29, 0.717) is 6.54 Å². The highest BCUT2D eigenvalue weighted by Crippen LogP contribution is 2.29. The topological polar surface area (TPSA) is 70.2 Å². The minimum Gasteiger partial charge on any atom is -0.350 e. The molecule has 0 aliphatic carbocycles. The SMILES string of the molecule is CCC1(C(=O)NC(C)C(=O)NC(C)(C)C)CCNC1. The fourth-order valence-electron chi connectivity index (χ4n) is 2.29. The van der Waals surface area contributed by atoms with E-state index in [1.165, 1.54) is 0 Å². The molecular formula is C14H27N3O2. The lowest BCUT2D eigenvalue weighted by molar-refractivity contribution is -0.135. The number of carbonyl (C=O) groups excluding carboxylic acids is 2. The molecule has 1 aliphatic rings. The van der Waals surface area contributed by atoms with E-state index in [9.17, 15) is 9.59 Å².